The number of rotatable bonds is 5. The van der Waals surface area contributed by atoms with Gasteiger partial charge in [-0.1, -0.05) is 66.2 Å². The number of benzene rings is 3. The summed E-state index contributed by atoms with van der Waals surface area (Å²) in [7, 11) is 0. The third-order valence-electron chi connectivity index (χ3n) is 4.92. The summed E-state index contributed by atoms with van der Waals surface area (Å²) in [5, 5.41) is 4.33. The van der Waals surface area contributed by atoms with Gasteiger partial charge in [-0.15, -0.1) is 0 Å². The molecule has 0 radical (unpaired) electrons. The molecular formula is C24H19ClN2O2. The van der Waals surface area contributed by atoms with Crippen LogP contribution in [0, 0.1) is 6.92 Å². The van der Waals surface area contributed by atoms with Crippen molar-refractivity contribution >= 4 is 39.9 Å². The number of carbonyl (C=O) groups excluding carboxylic acids is 2. The van der Waals surface area contributed by atoms with Crippen LogP contribution >= 0.6 is 11.6 Å². The number of ketones is 1. The molecule has 5 heteroatoms. The van der Waals surface area contributed by atoms with E-state index in [0.717, 1.165) is 16.5 Å². The lowest BCUT2D eigenvalue weighted by molar-refractivity contribution is -0.116. The van der Waals surface area contributed by atoms with Gasteiger partial charge < -0.3 is 9.88 Å². The second-order valence-corrected chi connectivity index (χ2v) is 7.25. The SMILES string of the molecule is Cc1c(Cl)cccc1NC(=O)Cn1cc(C(=O)c2ccccc2)c2ccccc21. The molecular weight excluding hydrogens is 384 g/mol. The first-order valence-corrected chi connectivity index (χ1v) is 9.65. The molecule has 3 aromatic carbocycles. The summed E-state index contributed by atoms with van der Waals surface area (Å²) < 4.78 is 1.81. The highest BCUT2D eigenvalue weighted by atomic mass is 35.5. The number of hydrogen-bond donors (Lipinski definition) is 1. The fourth-order valence-corrected chi connectivity index (χ4v) is 3.57. The zero-order valence-electron chi connectivity index (χ0n) is 15.9. The molecule has 1 heterocycles. The Morgan fingerprint density at radius 3 is 2.45 bits per heavy atom. The number of amides is 1. The van der Waals surface area contributed by atoms with Crippen molar-refractivity contribution in [2.24, 2.45) is 0 Å². The molecule has 0 spiro atoms. The van der Waals surface area contributed by atoms with Crippen LogP contribution in [-0.2, 0) is 11.3 Å². The van der Waals surface area contributed by atoms with Crippen molar-refractivity contribution in [3.8, 4) is 0 Å². The monoisotopic (exact) mass is 402 g/mol. The summed E-state index contributed by atoms with van der Waals surface area (Å²) in [4.78, 5) is 25.7. The van der Waals surface area contributed by atoms with E-state index in [4.69, 9.17) is 11.6 Å². The molecule has 0 saturated heterocycles. The van der Waals surface area contributed by atoms with Crippen molar-refractivity contribution in [3.63, 3.8) is 0 Å². The Bertz CT molecular complexity index is 1210. The number of nitrogens with one attached hydrogen (secondary N) is 1. The maximum atomic E-state index is 13.0. The molecule has 0 aliphatic heterocycles. The molecule has 1 N–H and O–H groups in total. The van der Waals surface area contributed by atoms with Crippen molar-refractivity contribution in [2.75, 3.05) is 5.32 Å². The van der Waals surface area contributed by atoms with Crippen molar-refractivity contribution < 1.29 is 9.59 Å². The van der Waals surface area contributed by atoms with E-state index in [1.165, 1.54) is 0 Å². The lowest BCUT2D eigenvalue weighted by Crippen LogP contribution is -2.18. The molecule has 0 atom stereocenters. The van der Waals surface area contributed by atoms with E-state index in [1.54, 1.807) is 35.0 Å². The quantitative estimate of drug-likeness (QED) is 0.450. The highest BCUT2D eigenvalue weighted by Gasteiger charge is 2.18. The minimum atomic E-state index is -0.185. The van der Waals surface area contributed by atoms with Gasteiger partial charge in [0.25, 0.3) is 0 Å². The Morgan fingerprint density at radius 1 is 0.931 bits per heavy atom. The van der Waals surface area contributed by atoms with Gasteiger partial charge >= 0.3 is 0 Å². The van der Waals surface area contributed by atoms with Gasteiger partial charge in [-0.3, -0.25) is 9.59 Å². The number of anilines is 1. The molecule has 0 fully saturated rings. The first-order valence-electron chi connectivity index (χ1n) is 9.27. The van der Waals surface area contributed by atoms with Crippen LogP contribution in [0.5, 0.6) is 0 Å². The van der Waals surface area contributed by atoms with E-state index in [1.807, 2.05) is 55.5 Å². The molecule has 1 aromatic heterocycles. The maximum absolute atomic E-state index is 13.0. The van der Waals surface area contributed by atoms with Gasteiger partial charge in [-0.2, -0.15) is 0 Å². The number of halogens is 1. The van der Waals surface area contributed by atoms with Crippen molar-refractivity contribution in [1.82, 2.24) is 4.57 Å². The predicted octanol–water partition coefficient (Wildman–Crippen LogP) is 5.47. The summed E-state index contributed by atoms with van der Waals surface area (Å²) in [5.41, 5.74) is 3.54. The zero-order chi connectivity index (χ0) is 20.4. The van der Waals surface area contributed by atoms with Crippen LogP contribution in [0.3, 0.4) is 0 Å². The number of carbonyl (C=O) groups is 2. The minimum absolute atomic E-state index is 0.0633. The number of para-hydroxylation sites is 1. The molecule has 29 heavy (non-hydrogen) atoms. The van der Waals surface area contributed by atoms with Gasteiger partial charge in [0, 0.05) is 38.9 Å². The third-order valence-corrected chi connectivity index (χ3v) is 5.33. The van der Waals surface area contributed by atoms with Gasteiger partial charge in [-0.05, 0) is 30.7 Å². The van der Waals surface area contributed by atoms with Crippen LogP contribution in [0.15, 0.2) is 79.0 Å². The van der Waals surface area contributed by atoms with E-state index in [9.17, 15) is 9.59 Å². The fraction of sp³-hybridized carbons (Fsp3) is 0.0833. The molecule has 0 bridgehead atoms. The van der Waals surface area contributed by atoms with Crippen LogP contribution < -0.4 is 5.32 Å². The van der Waals surface area contributed by atoms with Crippen LogP contribution in [0.2, 0.25) is 5.02 Å². The lowest BCUT2D eigenvalue weighted by atomic mass is 10.0. The van der Waals surface area contributed by atoms with Gasteiger partial charge in [-0.25, -0.2) is 0 Å². The molecule has 0 aliphatic carbocycles. The van der Waals surface area contributed by atoms with Crippen LogP contribution in [0.25, 0.3) is 10.9 Å². The first kappa shape index (κ1) is 19.0. The number of nitrogens with zero attached hydrogens (tertiary/aromatic N) is 1. The fourth-order valence-electron chi connectivity index (χ4n) is 3.39. The predicted molar refractivity (Wildman–Crippen MR) is 117 cm³/mol. The second kappa shape index (κ2) is 7.94. The van der Waals surface area contributed by atoms with Crippen molar-refractivity contribution in [2.45, 2.75) is 13.5 Å². The molecule has 4 nitrogen and oxygen atoms in total. The Morgan fingerprint density at radius 2 is 1.66 bits per heavy atom. The van der Waals surface area contributed by atoms with Gasteiger partial charge in [0.05, 0.1) is 0 Å². The topological polar surface area (TPSA) is 51.1 Å². The highest BCUT2D eigenvalue weighted by Crippen LogP contribution is 2.25. The summed E-state index contributed by atoms with van der Waals surface area (Å²) in [6, 6.07) is 22.2. The lowest BCUT2D eigenvalue weighted by Gasteiger charge is -2.10. The van der Waals surface area contributed by atoms with E-state index in [0.29, 0.717) is 21.8 Å². The van der Waals surface area contributed by atoms with Crippen LogP contribution in [0.4, 0.5) is 5.69 Å². The molecule has 1 amide bonds. The third kappa shape index (κ3) is 3.80. The summed E-state index contributed by atoms with van der Waals surface area (Å²) in [5.74, 6) is -0.249. The van der Waals surface area contributed by atoms with E-state index < -0.39 is 0 Å². The molecule has 4 aromatic rings. The highest BCUT2D eigenvalue weighted by molar-refractivity contribution is 6.31. The van der Waals surface area contributed by atoms with E-state index in [2.05, 4.69) is 5.32 Å². The van der Waals surface area contributed by atoms with E-state index in [-0.39, 0.29) is 18.2 Å². The Kier molecular flexibility index (Phi) is 5.19. The van der Waals surface area contributed by atoms with Gasteiger partial charge in [0.1, 0.15) is 6.54 Å². The van der Waals surface area contributed by atoms with Crippen LogP contribution in [-0.4, -0.2) is 16.3 Å². The number of fused-ring (bicyclic) bond motifs is 1. The maximum Gasteiger partial charge on any atom is 0.244 e. The van der Waals surface area contributed by atoms with E-state index >= 15 is 0 Å². The Balaban J connectivity index is 1.65. The summed E-state index contributed by atoms with van der Waals surface area (Å²) in [6.45, 7) is 1.95. The van der Waals surface area contributed by atoms with Gasteiger partial charge in [0.2, 0.25) is 5.91 Å². The van der Waals surface area contributed by atoms with Crippen LogP contribution in [0.1, 0.15) is 21.5 Å². The minimum Gasteiger partial charge on any atom is -0.337 e. The van der Waals surface area contributed by atoms with Gasteiger partial charge in [0.15, 0.2) is 5.78 Å². The smallest absolute Gasteiger partial charge is 0.244 e. The molecule has 144 valence electrons. The average molecular weight is 403 g/mol. The molecule has 0 aliphatic rings. The largest absolute Gasteiger partial charge is 0.337 e. The number of hydrogen-bond acceptors (Lipinski definition) is 2. The Labute approximate surface area is 173 Å². The standard InChI is InChI=1S/C24H19ClN2O2/c1-16-20(25)11-7-12-21(16)26-23(28)15-27-14-19(18-10-5-6-13-22(18)27)24(29)17-8-3-2-4-9-17/h2-14H,15H2,1H3,(H,26,28). The molecule has 0 unspecified atom stereocenters. The summed E-state index contributed by atoms with van der Waals surface area (Å²) in [6.07, 6.45) is 1.75. The van der Waals surface area contributed by atoms with Crippen molar-refractivity contribution in [3.05, 3.63) is 101 Å². The zero-order valence-corrected chi connectivity index (χ0v) is 16.6. The summed E-state index contributed by atoms with van der Waals surface area (Å²) >= 11 is 6.14. The van der Waals surface area contributed by atoms with Crippen molar-refractivity contribution in [1.29, 1.82) is 0 Å². The second-order valence-electron chi connectivity index (χ2n) is 6.84. The molecule has 4 rings (SSSR count). The first-order chi connectivity index (χ1) is 14.0. The number of aromatic nitrogens is 1. The normalized spacial score (nSPS) is 10.8. The molecule has 0 saturated carbocycles. The average Bonchev–Trinajstić information content (AvgIpc) is 3.10. The Hall–Kier alpha value is -3.37.